The molecule has 6 heteroatoms. The fraction of sp³-hybridized carbons (Fsp3) is 0.269. The second-order valence-corrected chi connectivity index (χ2v) is 8.78. The van der Waals surface area contributed by atoms with E-state index in [1.807, 2.05) is 34.8 Å². The lowest BCUT2D eigenvalue weighted by atomic mass is 9.81. The van der Waals surface area contributed by atoms with Gasteiger partial charge in [0.2, 0.25) is 0 Å². The number of pyridine rings is 1. The van der Waals surface area contributed by atoms with E-state index in [0.717, 1.165) is 37.1 Å². The van der Waals surface area contributed by atoms with Crippen LogP contribution in [0.4, 0.5) is 0 Å². The van der Waals surface area contributed by atoms with Crippen molar-refractivity contribution in [2.45, 2.75) is 37.8 Å². The molecule has 32 heavy (non-hydrogen) atoms. The highest BCUT2D eigenvalue weighted by atomic mass is 16.3. The molecule has 2 aromatic heterocycles. The van der Waals surface area contributed by atoms with Crippen molar-refractivity contribution in [2.75, 3.05) is 0 Å². The van der Waals surface area contributed by atoms with Crippen LogP contribution in [0.25, 0.3) is 22.2 Å². The molecule has 0 spiro atoms. The summed E-state index contributed by atoms with van der Waals surface area (Å²) in [7, 11) is 2.00. The van der Waals surface area contributed by atoms with Gasteiger partial charge in [-0.3, -0.25) is 14.5 Å². The number of nitrogens with zero attached hydrogens (tertiary/aromatic N) is 4. The molecule has 1 amide bonds. The quantitative estimate of drug-likeness (QED) is 0.509. The van der Waals surface area contributed by atoms with Gasteiger partial charge in [-0.15, -0.1) is 0 Å². The van der Waals surface area contributed by atoms with Crippen LogP contribution >= 0.6 is 0 Å². The summed E-state index contributed by atoms with van der Waals surface area (Å²) in [6, 6.07) is 17.5. The molecule has 2 aliphatic rings. The van der Waals surface area contributed by atoms with Gasteiger partial charge in [-0.25, -0.2) is 0 Å². The Labute approximate surface area is 186 Å². The Kier molecular flexibility index (Phi) is 4.28. The van der Waals surface area contributed by atoms with Crippen molar-refractivity contribution < 1.29 is 9.90 Å². The highest BCUT2D eigenvalue weighted by Crippen LogP contribution is 2.45. The van der Waals surface area contributed by atoms with E-state index in [4.69, 9.17) is 5.10 Å². The van der Waals surface area contributed by atoms with Gasteiger partial charge in [-0.05, 0) is 49.9 Å². The van der Waals surface area contributed by atoms with Crippen molar-refractivity contribution in [3.05, 3.63) is 77.6 Å². The Morgan fingerprint density at radius 1 is 1.09 bits per heavy atom. The van der Waals surface area contributed by atoms with E-state index in [9.17, 15) is 9.90 Å². The molecule has 2 aliphatic heterocycles. The van der Waals surface area contributed by atoms with Crippen LogP contribution in [-0.2, 0) is 13.5 Å². The maximum Gasteiger partial charge on any atom is 0.254 e. The topological polar surface area (TPSA) is 71.2 Å². The Morgan fingerprint density at radius 2 is 1.94 bits per heavy atom. The Bertz CT molecular complexity index is 1340. The number of aryl methyl sites for hydroxylation is 1. The van der Waals surface area contributed by atoms with Gasteiger partial charge >= 0.3 is 0 Å². The first-order chi connectivity index (χ1) is 15.6. The average Bonchev–Trinajstić information content (AvgIpc) is 3.14. The van der Waals surface area contributed by atoms with E-state index in [0.29, 0.717) is 16.5 Å². The van der Waals surface area contributed by atoms with Crippen LogP contribution in [-0.4, -0.2) is 36.7 Å². The number of hydrogen-bond acceptors (Lipinski definition) is 4. The molecule has 4 heterocycles. The first-order valence-corrected chi connectivity index (χ1v) is 11.1. The van der Waals surface area contributed by atoms with Crippen LogP contribution in [0.3, 0.4) is 0 Å². The molecule has 0 unspecified atom stereocenters. The second-order valence-electron chi connectivity index (χ2n) is 8.78. The minimum Gasteiger partial charge on any atom is -0.507 e. The van der Waals surface area contributed by atoms with Gasteiger partial charge in [-0.2, -0.15) is 5.10 Å². The minimum absolute atomic E-state index is 0.00224. The van der Waals surface area contributed by atoms with Gasteiger partial charge in [0, 0.05) is 41.4 Å². The number of rotatable bonds is 2. The first kappa shape index (κ1) is 19.0. The van der Waals surface area contributed by atoms with Crippen molar-refractivity contribution in [1.29, 1.82) is 0 Å². The van der Waals surface area contributed by atoms with E-state index in [1.54, 1.807) is 18.3 Å². The number of carbonyl (C=O) groups is 1. The molecule has 2 atom stereocenters. The van der Waals surface area contributed by atoms with Gasteiger partial charge in [0.25, 0.3) is 5.91 Å². The summed E-state index contributed by atoms with van der Waals surface area (Å²) in [6.45, 7) is 0. The maximum atomic E-state index is 13.7. The molecule has 160 valence electrons. The predicted molar refractivity (Wildman–Crippen MR) is 122 cm³/mol. The molecule has 2 bridgehead atoms. The van der Waals surface area contributed by atoms with Gasteiger partial charge in [0.15, 0.2) is 0 Å². The zero-order valence-electron chi connectivity index (χ0n) is 17.9. The van der Waals surface area contributed by atoms with Gasteiger partial charge in [0.05, 0.1) is 22.9 Å². The number of aromatic nitrogens is 3. The molecular weight excluding hydrogens is 400 g/mol. The second kappa shape index (κ2) is 7.19. The van der Waals surface area contributed by atoms with Crippen LogP contribution in [0.2, 0.25) is 0 Å². The summed E-state index contributed by atoms with van der Waals surface area (Å²) in [5, 5.41) is 15.8. The smallest absolute Gasteiger partial charge is 0.254 e. The summed E-state index contributed by atoms with van der Waals surface area (Å²) in [6.07, 6.45) is 5.39. The van der Waals surface area contributed by atoms with E-state index >= 15 is 0 Å². The predicted octanol–water partition coefficient (Wildman–Crippen LogP) is 4.63. The van der Waals surface area contributed by atoms with Gasteiger partial charge in [-0.1, -0.05) is 30.3 Å². The molecule has 4 aromatic rings. The molecule has 6 nitrogen and oxygen atoms in total. The lowest BCUT2D eigenvalue weighted by Crippen LogP contribution is -2.49. The van der Waals surface area contributed by atoms with E-state index in [-0.39, 0.29) is 23.7 Å². The van der Waals surface area contributed by atoms with Crippen LogP contribution in [0.5, 0.6) is 5.75 Å². The van der Waals surface area contributed by atoms with Crippen molar-refractivity contribution in [3.8, 4) is 17.0 Å². The molecule has 1 fully saturated rings. The Morgan fingerprint density at radius 3 is 2.78 bits per heavy atom. The summed E-state index contributed by atoms with van der Waals surface area (Å²) < 4.78 is 1.98. The Hall–Kier alpha value is -3.67. The highest BCUT2D eigenvalue weighted by Gasteiger charge is 2.43. The number of carbonyl (C=O) groups excluding carboxylic acids is 1. The monoisotopic (exact) mass is 424 g/mol. The largest absolute Gasteiger partial charge is 0.507 e. The zero-order valence-corrected chi connectivity index (χ0v) is 17.9. The average molecular weight is 425 g/mol. The Balaban J connectivity index is 1.43. The van der Waals surface area contributed by atoms with Crippen LogP contribution in [0, 0.1) is 0 Å². The SMILES string of the molecule is Cn1nc2c(c1-c1ccccc1)C[C@H]1CCC[C@@H]2N1C(=O)c1ccc2nccc(O)c2c1. The molecule has 0 radical (unpaired) electrons. The molecule has 1 saturated heterocycles. The molecule has 0 aliphatic carbocycles. The van der Waals surface area contributed by atoms with Gasteiger partial charge in [0.1, 0.15) is 5.75 Å². The van der Waals surface area contributed by atoms with E-state index < -0.39 is 0 Å². The summed E-state index contributed by atoms with van der Waals surface area (Å²) in [5.41, 5.74) is 5.89. The lowest BCUT2D eigenvalue weighted by molar-refractivity contribution is 0.0392. The molecule has 1 N–H and O–H groups in total. The lowest BCUT2D eigenvalue weighted by Gasteiger charge is -2.45. The number of piperidine rings is 1. The summed E-state index contributed by atoms with van der Waals surface area (Å²) >= 11 is 0. The normalized spacial score (nSPS) is 19.7. The first-order valence-electron chi connectivity index (χ1n) is 11.1. The van der Waals surface area contributed by atoms with Crippen molar-refractivity contribution >= 4 is 16.8 Å². The molecular formula is C26H24N4O2. The number of hydrogen-bond donors (Lipinski definition) is 1. The van der Waals surface area contributed by atoms with Crippen LogP contribution in [0.15, 0.2) is 60.8 Å². The number of aromatic hydroxyl groups is 1. The van der Waals surface area contributed by atoms with Crippen molar-refractivity contribution in [2.24, 2.45) is 7.05 Å². The highest BCUT2D eigenvalue weighted by molar-refractivity contribution is 5.99. The van der Waals surface area contributed by atoms with Crippen LogP contribution in [0.1, 0.15) is 46.9 Å². The van der Waals surface area contributed by atoms with Crippen molar-refractivity contribution in [1.82, 2.24) is 19.7 Å². The summed E-state index contributed by atoms with van der Waals surface area (Å²) in [5.74, 6) is 0.144. The van der Waals surface area contributed by atoms with Crippen LogP contribution < -0.4 is 0 Å². The third-order valence-electron chi connectivity index (χ3n) is 6.92. The van der Waals surface area contributed by atoms with E-state index in [1.165, 1.54) is 11.1 Å². The molecule has 2 aromatic carbocycles. The fourth-order valence-electron chi connectivity index (χ4n) is 5.52. The van der Waals surface area contributed by atoms with E-state index in [2.05, 4.69) is 29.2 Å². The van der Waals surface area contributed by atoms with Gasteiger partial charge < -0.3 is 10.0 Å². The third-order valence-corrected chi connectivity index (χ3v) is 6.92. The fourth-order valence-corrected chi connectivity index (χ4v) is 5.52. The summed E-state index contributed by atoms with van der Waals surface area (Å²) in [4.78, 5) is 20.1. The molecule has 6 rings (SSSR count). The number of benzene rings is 2. The minimum atomic E-state index is -0.0214. The zero-order chi connectivity index (χ0) is 21.8. The maximum absolute atomic E-state index is 13.7. The number of amides is 1. The van der Waals surface area contributed by atoms with Crippen molar-refractivity contribution in [3.63, 3.8) is 0 Å². The standard InChI is InChI=1S/C26H24N4O2/c1-29-25(16-6-3-2-4-7-16)20-15-18-8-5-9-22(24(20)28-29)30(18)26(32)17-10-11-21-19(14-17)23(31)12-13-27-21/h2-4,6-7,10-14,18,22H,5,8-9,15H2,1H3,(H,27,31)/t18-,22+/m1/s1. The third kappa shape index (κ3) is 2.83. The molecule has 0 saturated carbocycles. The number of fused-ring (bicyclic) bond motifs is 5.